The highest BCUT2D eigenvalue weighted by Crippen LogP contribution is 2.27. The molecule has 0 atom stereocenters. The van der Waals surface area contributed by atoms with Crippen molar-refractivity contribution in [2.45, 2.75) is 16.3 Å². The number of rotatable bonds is 4. The van der Waals surface area contributed by atoms with Gasteiger partial charge in [-0.25, -0.2) is 4.99 Å². The van der Waals surface area contributed by atoms with Gasteiger partial charge in [0.05, 0.1) is 6.54 Å². The second-order valence-corrected chi connectivity index (χ2v) is 4.95. The van der Waals surface area contributed by atoms with Crippen LogP contribution in [-0.2, 0) is 6.54 Å². The summed E-state index contributed by atoms with van der Waals surface area (Å²) in [6.45, 7) is 0.526. The Balaban J connectivity index is 0.00000180. The second kappa shape index (κ2) is 8.06. The Hall–Kier alpha value is -1.21. The summed E-state index contributed by atoms with van der Waals surface area (Å²) in [5.74, 6) is 0.123. The van der Waals surface area contributed by atoms with Crippen LogP contribution >= 0.6 is 35.7 Å². The molecular formula is C14H16IN3S. The number of aliphatic imine (C=N–C) groups is 1. The van der Waals surface area contributed by atoms with Crippen molar-refractivity contribution in [3.8, 4) is 0 Å². The molecule has 5 heteroatoms. The number of halogens is 1. The maximum absolute atomic E-state index is 5.30. The third kappa shape index (κ3) is 5.52. The summed E-state index contributed by atoms with van der Waals surface area (Å²) in [6.07, 6.45) is 0. The molecule has 0 spiro atoms. The zero-order valence-electron chi connectivity index (χ0n) is 10.3. The van der Waals surface area contributed by atoms with Gasteiger partial charge in [-0.1, -0.05) is 42.1 Å². The lowest BCUT2D eigenvalue weighted by Crippen LogP contribution is -2.22. The molecule has 0 fully saturated rings. The number of nitrogens with zero attached hydrogens (tertiary/aromatic N) is 1. The first-order valence-corrected chi connectivity index (χ1v) is 6.43. The Morgan fingerprint density at radius 1 is 0.895 bits per heavy atom. The maximum atomic E-state index is 5.30. The van der Waals surface area contributed by atoms with Crippen molar-refractivity contribution < 1.29 is 0 Å². The van der Waals surface area contributed by atoms with Gasteiger partial charge in [-0.15, -0.1) is 24.0 Å². The predicted molar refractivity (Wildman–Crippen MR) is 91.9 cm³/mol. The molecule has 0 aliphatic heterocycles. The zero-order chi connectivity index (χ0) is 12.8. The third-order valence-corrected chi connectivity index (χ3v) is 3.36. The Morgan fingerprint density at radius 3 is 2.05 bits per heavy atom. The van der Waals surface area contributed by atoms with Crippen LogP contribution in [0.25, 0.3) is 0 Å². The van der Waals surface area contributed by atoms with Crippen molar-refractivity contribution in [2.24, 2.45) is 16.5 Å². The molecule has 0 heterocycles. The molecule has 0 bridgehead atoms. The Kier molecular flexibility index (Phi) is 6.72. The minimum Gasteiger partial charge on any atom is -0.370 e. The van der Waals surface area contributed by atoms with Gasteiger partial charge in [0.25, 0.3) is 0 Å². The van der Waals surface area contributed by atoms with Gasteiger partial charge in [0, 0.05) is 9.79 Å². The summed E-state index contributed by atoms with van der Waals surface area (Å²) in [7, 11) is 0. The number of hydrogen-bond acceptors (Lipinski definition) is 2. The summed E-state index contributed by atoms with van der Waals surface area (Å²) in [6, 6.07) is 18.5. The van der Waals surface area contributed by atoms with Crippen molar-refractivity contribution >= 4 is 41.7 Å². The van der Waals surface area contributed by atoms with Crippen molar-refractivity contribution in [3.05, 3.63) is 60.2 Å². The zero-order valence-corrected chi connectivity index (χ0v) is 13.5. The van der Waals surface area contributed by atoms with Gasteiger partial charge >= 0.3 is 0 Å². The topological polar surface area (TPSA) is 64.4 Å². The van der Waals surface area contributed by atoms with Gasteiger partial charge < -0.3 is 11.5 Å². The summed E-state index contributed by atoms with van der Waals surface area (Å²) >= 11 is 1.74. The molecule has 0 saturated heterocycles. The largest absolute Gasteiger partial charge is 0.370 e. The van der Waals surface area contributed by atoms with Gasteiger partial charge in [0.2, 0.25) is 0 Å². The molecule has 3 nitrogen and oxygen atoms in total. The van der Waals surface area contributed by atoms with Crippen LogP contribution in [0.3, 0.4) is 0 Å². The Bertz CT molecular complexity index is 522. The van der Waals surface area contributed by atoms with Crippen molar-refractivity contribution in [1.29, 1.82) is 0 Å². The van der Waals surface area contributed by atoms with E-state index in [9.17, 15) is 0 Å². The molecule has 19 heavy (non-hydrogen) atoms. The van der Waals surface area contributed by atoms with Gasteiger partial charge in [-0.3, -0.25) is 0 Å². The van der Waals surface area contributed by atoms with E-state index in [0.717, 1.165) is 5.56 Å². The summed E-state index contributed by atoms with van der Waals surface area (Å²) in [4.78, 5) is 6.41. The van der Waals surface area contributed by atoms with Crippen LogP contribution in [0.4, 0.5) is 0 Å². The van der Waals surface area contributed by atoms with Gasteiger partial charge in [-0.05, 0) is 29.8 Å². The molecule has 0 saturated carbocycles. The monoisotopic (exact) mass is 385 g/mol. The van der Waals surface area contributed by atoms with Crippen LogP contribution in [0, 0.1) is 0 Å². The van der Waals surface area contributed by atoms with Crippen molar-refractivity contribution in [1.82, 2.24) is 0 Å². The lowest BCUT2D eigenvalue weighted by atomic mass is 10.2. The van der Waals surface area contributed by atoms with E-state index in [1.54, 1.807) is 11.8 Å². The lowest BCUT2D eigenvalue weighted by molar-refractivity contribution is 1.05. The fourth-order valence-electron chi connectivity index (χ4n) is 1.47. The van der Waals surface area contributed by atoms with E-state index in [1.807, 2.05) is 30.3 Å². The van der Waals surface area contributed by atoms with Crippen LogP contribution in [0.2, 0.25) is 0 Å². The van der Waals surface area contributed by atoms with Crippen LogP contribution in [0.1, 0.15) is 5.56 Å². The fourth-order valence-corrected chi connectivity index (χ4v) is 2.31. The molecular weight excluding hydrogens is 369 g/mol. The number of guanidine groups is 1. The highest BCUT2D eigenvalue weighted by Gasteiger charge is 1.97. The van der Waals surface area contributed by atoms with E-state index >= 15 is 0 Å². The minimum atomic E-state index is 0. The second-order valence-electron chi connectivity index (χ2n) is 3.80. The van der Waals surface area contributed by atoms with Crippen LogP contribution in [0.15, 0.2) is 69.4 Å². The lowest BCUT2D eigenvalue weighted by Gasteiger charge is -2.02. The SMILES string of the molecule is I.NC(N)=NCc1ccc(Sc2ccccc2)cc1. The standard InChI is InChI=1S/C14H15N3S.HI/c15-14(16)17-10-11-6-8-13(9-7-11)18-12-4-2-1-3-5-12;/h1-9H,10H2,(H4,15,16,17);1H. The van der Waals surface area contributed by atoms with Gasteiger partial charge in [0.1, 0.15) is 0 Å². The van der Waals surface area contributed by atoms with E-state index < -0.39 is 0 Å². The predicted octanol–water partition coefficient (Wildman–Crippen LogP) is 3.23. The highest BCUT2D eigenvalue weighted by molar-refractivity contribution is 14.0. The fraction of sp³-hybridized carbons (Fsp3) is 0.0714. The molecule has 100 valence electrons. The normalized spacial score (nSPS) is 9.47. The molecule has 2 aromatic carbocycles. The number of benzene rings is 2. The first-order chi connectivity index (χ1) is 8.74. The molecule has 0 aliphatic carbocycles. The summed E-state index contributed by atoms with van der Waals surface area (Å²) < 4.78 is 0. The summed E-state index contributed by atoms with van der Waals surface area (Å²) in [5, 5.41) is 0. The van der Waals surface area contributed by atoms with Crippen LogP contribution in [0.5, 0.6) is 0 Å². The Labute approximate surface area is 134 Å². The number of nitrogens with two attached hydrogens (primary N) is 2. The average Bonchev–Trinajstić information content (AvgIpc) is 2.39. The van der Waals surface area contributed by atoms with Crippen molar-refractivity contribution in [3.63, 3.8) is 0 Å². The molecule has 2 rings (SSSR count). The molecule has 0 radical (unpaired) electrons. The van der Waals surface area contributed by atoms with E-state index in [0.29, 0.717) is 6.54 Å². The molecule has 0 amide bonds. The van der Waals surface area contributed by atoms with Crippen LogP contribution < -0.4 is 11.5 Å². The Morgan fingerprint density at radius 2 is 1.47 bits per heavy atom. The average molecular weight is 385 g/mol. The summed E-state index contributed by atoms with van der Waals surface area (Å²) in [5.41, 5.74) is 11.7. The quantitative estimate of drug-likeness (QED) is 0.483. The maximum Gasteiger partial charge on any atom is 0.186 e. The van der Waals surface area contributed by atoms with E-state index in [4.69, 9.17) is 11.5 Å². The highest BCUT2D eigenvalue weighted by atomic mass is 127. The smallest absolute Gasteiger partial charge is 0.186 e. The van der Waals surface area contributed by atoms with Crippen molar-refractivity contribution in [2.75, 3.05) is 0 Å². The minimum absolute atomic E-state index is 0. The third-order valence-electron chi connectivity index (χ3n) is 2.35. The van der Waals surface area contributed by atoms with E-state index in [2.05, 4.69) is 29.3 Å². The van der Waals surface area contributed by atoms with Gasteiger partial charge in [-0.2, -0.15) is 0 Å². The molecule has 0 unspecified atom stereocenters. The first kappa shape index (κ1) is 15.8. The molecule has 2 aromatic rings. The molecule has 0 aromatic heterocycles. The van der Waals surface area contributed by atoms with E-state index in [1.165, 1.54) is 9.79 Å². The molecule has 0 aliphatic rings. The molecule has 4 N–H and O–H groups in total. The number of hydrogen-bond donors (Lipinski definition) is 2. The van der Waals surface area contributed by atoms with E-state index in [-0.39, 0.29) is 29.9 Å². The van der Waals surface area contributed by atoms with Crippen LogP contribution in [-0.4, -0.2) is 5.96 Å². The first-order valence-electron chi connectivity index (χ1n) is 5.61. The van der Waals surface area contributed by atoms with Gasteiger partial charge in [0.15, 0.2) is 5.96 Å².